The van der Waals surface area contributed by atoms with Crippen molar-refractivity contribution in [3.05, 3.63) is 41.6 Å². The van der Waals surface area contributed by atoms with E-state index in [9.17, 15) is 4.79 Å². The van der Waals surface area contributed by atoms with Gasteiger partial charge in [0.2, 0.25) is 0 Å². The third-order valence-electron chi connectivity index (χ3n) is 1.94. The number of hydrogen-bond donors (Lipinski definition) is 1. The number of nitrogens with one attached hydrogen (secondary N) is 1. The summed E-state index contributed by atoms with van der Waals surface area (Å²) in [5.41, 5.74) is 1.61. The van der Waals surface area contributed by atoms with E-state index >= 15 is 0 Å². The molecule has 1 aromatic carbocycles. The average molecular weight is 200 g/mol. The normalized spacial score (nSPS) is 11.3. The maximum atomic E-state index is 11.1. The predicted molar refractivity (Wildman–Crippen MR) is 59.1 cm³/mol. The molecule has 0 radical (unpaired) electrons. The fourth-order valence-electron chi connectivity index (χ4n) is 1.23. The quantitative estimate of drug-likeness (QED) is 0.602. The number of anilines is 1. The second-order valence-corrected chi connectivity index (χ2v) is 3.16. The molecule has 0 fully saturated rings. The molecule has 0 bridgehead atoms. The molecule has 3 nitrogen and oxygen atoms in total. The van der Waals surface area contributed by atoms with Gasteiger partial charge in [-0.3, -0.25) is 4.79 Å². The van der Waals surface area contributed by atoms with Gasteiger partial charge in [-0.25, -0.2) is 0 Å². The highest BCUT2D eigenvalue weighted by Crippen LogP contribution is 2.11. The number of nitriles is 1. The number of allylic oxidation sites excluding steroid dienone is 2. The van der Waals surface area contributed by atoms with E-state index in [0.29, 0.717) is 5.70 Å². The summed E-state index contributed by atoms with van der Waals surface area (Å²) in [6.07, 6.45) is 0. The van der Waals surface area contributed by atoms with Crippen molar-refractivity contribution in [2.75, 3.05) is 5.32 Å². The number of ketones is 1. The van der Waals surface area contributed by atoms with Crippen LogP contribution < -0.4 is 5.32 Å². The molecule has 0 saturated carbocycles. The van der Waals surface area contributed by atoms with Crippen LogP contribution in [0.4, 0.5) is 5.69 Å². The molecule has 0 spiro atoms. The molecule has 1 N–H and O–H groups in total. The fraction of sp³-hybridized carbons (Fsp3) is 0.167. The van der Waals surface area contributed by atoms with Crippen molar-refractivity contribution in [1.29, 1.82) is 5.26 Å². The van der Waals surface area contributed by atoms with Crippen molar-refractivity contribution in [2.45, 2.75) is 13.8 Å². The number of nitrogens with zero attached hydrogens (tertiary/aromatic N) is 1. The average Bonchev–Trinajstić information content (AvgIpc) is 2.19. The van der Waals surface area contributed by atoms with Gasteiger partial charge >= 0.3 is 0 Å². The molecule has 0 aliphatic carbocycles. The summed E-state index contributed by atoms with van der Waals surface area (Å²) in [5, 5.41) is 11.8. The summed E-state index contributed by atoms with van der Waals surface area (Å²) in [6, 6.07) is 11.3. The molecule has 0 heterocycles. The molecule has 0 aliphatic heterocycles. The summed E-state index contributed by atoms with van der Waals surface area (Å²) < 4.78 is 0. The van der Waals surface area contributed by atoms with E-state index < -0.39 is 0 Å². The lowest BCUT2D eigenvalue weighted by Crippen LogP contribution is -2.04. The van der Waals surface area contributed by atoms with E-state index in [4.69, 9.17) is 5.26 Å². The number of carbonyl (C=O) groups excluding carboxylic acids is 1. The van der Waals surface area contributed by atoms with Crippen molar-refractivity contribution < 1.29 is 4.79 Å². The zero-order chi connectivity index (χ0) is 11.3. The maximum Gasteiger partial charge on any atom is 0.172 e. The topological polar surface area (TPSA) is 52.9 Å². The predicted octanol–water partition coefficient (Wildman–Crippen LogP) is 2.49. The van der Waals surface area contributed by atoms with Gasteiger partial charge in [0, 0.05) is 11.4 Å². The monoisotopic (exact) mass is 200 g/mol. The highest BCUT2D eigenvalue weighted by atomic mass is 16.1. The van der Waals surface area contributed by atoms with E-state index in [1.807, 2.05) is 36.4 Å². The standard InChI is InChI=1S/C12H12N2O/c1-9(12(8-13)10(2)15)14-11-6-4-3-5-7-11/h3-7,14H,1-2H3/b12-9+. The molecule has 15 heavy (non-hydrogen) atoms. The fourth-order valence-corrected chi connectivity index (χ4v) is 1.23. The van der Waals surface area contributed by atoms with Crippen LogP contribution in [-0.4, -0.2) is 5.78 Å². The first-order chi connectivity index (χ1) is 7.15. The molecule has 0 unspecified atom stereocenters. The van der Waals surface area contributed by atoms with Gasteiger partial charge in [0.15, 0.2) is 5.78 Å². The number of hydrogen-bond acceptors (Lipinski definition) is 3. The van der Waals surface area contributed by atoms with E-state index in [1.165, 1.54) is 6.92 Å². The van der Waals surface area contributed by atoms with Gasteiger partial charge in [0.05, 0.1) is 0 Å². The Kier molecular flexibility index (Phi) is 3.64. The van der Waals surface area contributed by atoms with E-state index in [1.54, 1.807) is 6.92 Å². The van der Waals surface area contributed by atoms with Gasteiger partial charge in [0.1, 0.15) is 11.6 Å². The van der Waals surface area contributed by atoms with Crippen molar-refractivity contribution >= 4 is 11.5 Å². The van der Waals surface area contributed by atoms with Gasteiger partial charge in [-0.2, -0.15) is 5.26 Å². The molecule has 1 aromatic rings. The second-order valence-electron chi connectivity index (χ2n) is 3.16. The second kappa shape index (κ2) is 4.97. The first-order valence-corrected chi connectivity index (χ1v) is 4.59. The van der Waals surface area contributed by atoms with Crippen LogP contribution in [-0.2, 0) is 4.79 Å². The number of para-hydroxylation sites is 1. The molecule has 3 heteroatoms. The lowest BCUT2D eigenvalue weighted by molar-refractivity contribution is -0.113. The van der Waals surface area contributed by atoms with E-state index in [-0.39, 0.29) is 11.4 Å². The Morgan fingerprint density at radius 1 is 1.27 bits per heavy atom. The lowest BCUT2D eigenvalue weighted by atomic mass is 10.1. The maximum absolute atomic E-state index is 11.1. The zero-order valence-electron chi connectivity index (χ0n) is 8.74. The highest BCUT2D eigenvalue weighted by Gasteiger charge is 2.06. The molecule has 0 aliphatic rings. The number of benzene rings is 1. The number of carbonyl (C=O) groups is 1. The van der Waals surface area contributed by atoms with Crippen LogP contribution in [0.15, 0.2) is 41.6 Å². The summed E-state index contributed by atoms with van der Waals surface area (Å²) in [6.45, 7) is 3.10. The molecule has 0 aromatic heterocycles. The molecule has 0 amide bonds. The Morgan fingerprint density at radius 2 is 1.87 bits per heavy atom. The number of Topliss-reactive ketones (excluding diaryl/α,β-unsaturated/α-hetero) is 1. The van der Waals surface area contributed by atoms with E-state index in [0.717, 1.165) is 5.69 Å². The third kappa shape index (κ3) is 2.96. The van der Waals surface area contributed by atoms with Crippen molar-refractivity contribution in [2.24, 2.45) is 0 Å². The van der Waals surface area contributed by atoms with Gasteiger partial charge in [0.25, 0.3) is 0 Å². The smallest absolute Gasteiger partial charge is 0.172 e. The van der Waals surface area contributed by atoms with Crippen LogP contribution >= 0.6 is 0 Å². The summed E-state index contributed by atoms with van der Waals surface area (Å²) >= 11 is 0. The van der Waals surface area contributed by atoms with Crippen LogP contribution in [0.25, 0.3) is 0 Å². The minimum Gasteiger partial charge on any atom is -0.358 e. The number of rotatable bonds is 3. The van der Waals surface area contributed by atoms with Crippen LogP contribution in [0, 0.1) is 11.3 Å². The zero-order valence-corrected chi connectivity index (χ0v) is 8.74. The Balaban J connectivity index is 2.92. The molecular formula is C12H12N2O. The van der Waals surface area contributed by atoms with Crippen LogP contribution in [0.3, 0.4) is 0 Å². The molecule has 76 valence electrons. The molecule has 0 saturated heterocycles. The highest BCUT2D eigenvalue weighted by molar-refractivity contribution is 5.98. The van der Waals surface area contributed by atoms with Crippen molar-refractivity contribution in [3.8, 4) is 6.07 Å². The van der Waals surface area contributed by atoms with Crippen LogP contribution in [0.2, 0.25) is 0 Å². The largest absolute Gasteiger partial charge is 0.358 e. The Labute approximate surface area is 89.0 Å². The third-order valence-corrected chi connectivity index (χ3v) is 1.94. The first kappa shape index (κ1) is 11.0. The molecular weight excluding hydrogens is 188 g/mol. The van der Waals surface area contributed by atoms with Crippen LogP contribution in [0.5, 0.6) is 0 Å². The van der Waals surface area contributed by atoms with E-state index in [2.05, 4.69) is 5.32 Å². The Morgan fingerprint density at radius 3 is 2.33 bits per heavy atom. The van der Waals surface area contributed by atoms with Crippen molar-refractivity contribution in [1.82, 2.24) is 0 Å². The Bertz CT molecular complexity index is 427. The lowest BCUT2D eigenvalue weighted by Gasteiger charge is -2.07. The SMILES string of the molecule is CC(=O)/C(C#N)=C(\C)Nc1ccccc1. The molecule has 1 rings (SSSR count). The first-order valence-electron chi connectivity index (χ1n) is 4.59. The van der Waals surface area contributed by atoms with Crippen LogP contribution in [0.1, 0.15) is 13.8 Å². The summed E-state index contributed by atoms with van der Waals surface area (Å²) in [4.78, 5) is 11.1. The van der Waals surface area contributed by atoms with Gasteiger partial charge in [-0.15, -0.1) is 0 Å². The van der Waals surface area contributed by atoms with Crippen molar-refractivity contribution in [3.63, 3.8) is 0 Å². The minimum atomic E-state index is -0.224. The summed E-state index contributed by atoms with van der Waals surface area (Å²) in [7, 11) is 0. The van der Waals surface area contributed by atoms with Gasteiger partial charge < -0.3 is 5.32 Å². The summed E-state index contributed by atoms with van der Waals surface area (Å²) in [5.74, 6) is -0.224. The van der Waals surface area contributed by atoms with Gasteiger partial charge in [-0.05, 0) is 26.0 Å². The van der Waals surface area contributed by atoms with Gasteiger partial charge in [-0.1, -0.05) is 18.2 Å². The molecule has 0 atom stereocenters. The Hall–Kier alpha value is -2.08. The minimum absolute atomic E-state index is 0.166.